The zero-order chi connectivity index (χ0) is 19.6. The lowest BCUT2D eigenvalue weighted by atomic mass is 10.2. The largest absolute Gasteiger partial charge is 0.476 e. The highest BCUT2D eigenvalue weighted by Crippen LogP contribution is 2.31. The molecule has 0 saturated carbocycles. The first-order valence-corrected chi connectivity index (χ1v) is 7.56. The van der Waals surface area contributed by atoms with Crippen LogP contribution in [0.5, 0.6) is 0 Å². The summed E-state index contributed by atoms with van der Waals surface area (Å²) in [5.41, 5.74) is -1.17. The lowest BCUT2D eigenvalue weighted by Gasteiger charge is -2.09. The van der Waals surface area contributed by atoms with Crippen LogP contribution in [0.25, 0.3) is 5.65 Å². The van der Waals surface area contributed by atoms with E-state index in [1.807, 2.05) is 0 Å². The van der Waals surface area contributed by atoms with Crippen LogP contribution in [-0.2, 0) is 17.5 Å². The first-order chi connectivity index (χ1) is 12.8. The minimum Gasteiger partial charge on any atom is -0.476 e. The van der Waals surface area contributed by atoms with Crippen LogP contribution in [0.15, 0.2) is 48.7 Å². The van der Waals surface area contributed by atoms with Crippen molar-refractivity contribution in [3.8, 4) is 0 Å². The first kappa shape index (κ1) is 18.2. The fourth-order valence-electron chi connectivity index (χ4n) is 2.35. The summed E-state index contributed by atoms with van der Waals surface area (Å²) in [6.45, 7) is -0.0654. The van der Waals surface area contributed by atoms with Gasteiger partial charge in [0.05, 0.1) is 5.56 Å². The summed E-state index contributed by atoms with van der Waals surface area (Å²) in [7, 11) is 0. The number of aromatic nitrogens is 2. The van der Waals surface area contributed by atoms with Crippen molar-refractivity contribution in [3.05, 3.63) is 65.5 Å². The number of carbonyl (C=O) groups is 2. The van der Waals surface area contributed by atoms with Gasteiger partial charge in [-0.3, -0.25) is 9.72 Å². The Bertz CT molecular complexity index is 1000. The molecule has 0 spiro atoms. The van der Waals surface area contributed by atoms with Gasteiger partial charge in [0.25, 0.3) is 0 Å². The van der Waals surface area contributed by atoms with E-state index in [4.69, 9.17) is 4.74 Å². The minimum atomic E-state index is -4.61. The molecule has 140 valence electrons. The second-order valence-corrected chi connectivity index (χ2v) is 5.44. The van der Waals surface area contributed by atoms with Gasteiger partial charge in [0.1, 0.15) is 12.3 Å². The van der Waals surface area contributed by atoms with Gasteiger partial charge in [0.15, 0.2) is 11.5 Å². The van der Waals surface area contributed by atoms with Gasteiger partial charge >= 0.3 is 18.2 Å². The zero-order valence-corrected chi connectivity index (χ0v) is 13.5. The molecule has 0 aliphatic carbocycles. The maximum atomic E-state index is 12.8. The molecule has 3 aromatic rings. The number of carboxylic acid groups (broad SMARTS) is 1. The molecule has 10 heteroatoms. The van der Waals surface area contributed by atoms with Crippen LogP contribution in [0.2, 0.25) is 0 Å². The maximum Gasteiger partial charge on any atom is 0.416 e. The number of amides is 1. The van der Waals surface area contributed by atoms with Gasteiger partial charge in [-0.15, -0.1) is 0 Å². The zero-order valence-electron chi connectivity index (χ0n) is 13.5. The van der Waals surface area contributed by atoms with Crippen molar-refractivity contribution in [1.29, 1.82) is 0 Å². The van der Waals surface area contributed by atoms with Crippen LogP contribution < -0.4 is 5.32 Å². The van der Waals surface area contributed by atoms with Crippen LogP contribution in [0.3, 0.4) is 0 Å². The Kier molecular flexibility index (Phi) is 4.72. The highest BCUT2D eigenvalue weighted by atomic mass is 19.4. The van der Waals surface area contributed by atoms with Crippen molar-refractivity contribution >= 4 is 23.5 Å². The molecule has 1 amide bonds. The molecule has 2 heterocycles. The molecule has 0 aliphatic heterocycles. The van der Waals surface area contributed by atoms with Crippen LogP contribution in [0.4, 0.5) is 23.8 Å². The van der Waals surface area contributed by atoms with Gasteiger partial charge in [-0.05, 0) is 17.7 Å². The number of carbonyl (C=O) groups excluding carboxylic acids is 1. The second-order valence-electron chi connectivity index (χ2n) is 5.44. The summed E-state index contributed by atoms with van der Waals surface area (Å²) in [5.74, 6) is -1.81. The number of hydrogen-bond acceptors (Lipinski definition) is 4. The van der Waals surface area contributed by atoms with E-state index >= 15 is 0 Å². The minimum absolute atomic E-state index is 0.0654. The maximum absolute atomic E-state index is 12.8. The van der Waals surface area contributed by atoms with Gasteiger partial charge in [-0.25, -0.2) is 14.6 Å². The van der Waals surface area contributed by atoms with E-state index in [2.05, 4.69) is 10.3 Å². The summed E-state index contributed by atoms with van der Waals surface area (Å²) in [4.78, 5) is 27.0. The Morgan fingerprint density at radius 1 is 1.19 bits per heavy atom. The highest BCUT2D eigenvalue weighted by molar-refractivity contribution is 5.97. The fraction of sp³-hybridized carbons (Fsp3) is 0.118. The average molecular weight is 379 g/mol. The van der Waals surface area contributed by atoms with Gasteiger partial charge in [-0.2, -0.15) is 13.2 Å². The summed E-state index contributed by atoms with van der Waals surface area (Å²) < 4.78 is 44.5. The van der Waals surface area contributed by atoms with Crippen molar-refractivity contribution in [2.45, 2.75) is 12.8 Å². The predicted octanol–water partition coefficient (Wildman–Crippen LogP) is 3.80. The molecule has 3 rings (SSSR count). The van der Waals surface area contributed by atoms with Crippen molar-refractivity contribution in [2.75, 3.05) is 5.32 Å². The third-order valence-electron chi connectivity index (χ3n) is 3.59. The van der Waals surface area contributed by atoms with E-state index in [-0.39, 0.29) is 18.1 Å². The summed E-state index contributed by atoms with van der Waals surface area (Å²) in [5, 5.41) is 11.4. The molecule has 0 aliphatic rings. The Morgan fingerprint density at radius 2 is 1.89 bits per heavy atom. The third-order valence-corrected chi connectivity index (χ3v) is 3.59. The van der Waals surface area contributed by atoms with Crippen LogP contribution in [0, 0.1) is 0 Å². The van der Waals surface area contributed by atoms with E-state index in [9.17, 15) is 27.9 Å². The Balaban J connectivity index is 1.87. The topological polar surface area (TPSA) is 92.9 Å². The molecule has 2 aromatic heterocycles. The molecule has 1 aromatic carbocycles. The van der Waals surface area contributed by atoms with Gasteiger partial charge in [-0.1, -0.05) is 30.3 Å². The second kappa shape index (κ2) is 6.98. The van der Waals surface area contributed by atoms with Crippen molar-refractivity contribution in [2.24, 2.45) is 0 Å². The molecule has 7 nitrogen and oxygen atoms in total. The van der Waals surface area contributed by atoms with Crippen molar-refractivity contribution < 1.29 is 32.6 Å². The average Bonchev–Trinajstić information content (AvgIpc) is 2.98. The predicted molar refractivity (Wildman–Crippen MR) is 87.4 cm³/mol. The van der Waals surface area contributed by atoms with Crippen LogP contribution in [-0.4, -0.2) is 26.6 Å². The number of fused-ring (bicyclic) bond motifs is 1. The molecule has 0 bridgehead atoms. The Morgan fingerprint density at radius 3 is 2.52 bits per heavy atom. The molecular weight excluding hydrogens is 367 g/mol. The number of ether oxygens (including phenoxy) is 1. The SMILES string of the molecule is O=C(Nc1c(C(=O)O)nc2cc(C(F)(F)F)ccn12)OCc1ccccc1. The van der Waals surface area contributed by atoms with Gasteiger partial charge in [0, 0.05) is 6.20 Å². The van der Waals surface area contributed by atoms with E-state index in [0.29, 0.717) is 11.6 Å². The van der Waals surface area contributed by atoms with E-state index in [1.54, 1.807) is 30.3 Å². The molecule has 0 atom stereocenters. The summed E-state index contributed by atoms with van der Waals surface area (Å²) in [6.07, 6.45) is -4.60. The fourth-order valence-corrected chi connectivity index (χ4v) is 2.35. The number of halogens is 3. The normalized spacial score (nSPS) is 11.4. The monoisotopic (exact) mass is 379 g/mol. The Hall–Kier alpha value is -3.56. The molecule has 0 radical (unpaired) electrons. The smallest absolute Gasteiger partial charge is 0.416 e. The number of pyridine rings is 1. The number of benzene rings is 1. The van der Waals surface area contributed by atoms with Gasteiger partial charge < -0.3 is 9.84 Å². The van der Waals surface area contributed by atoms with Crippen LogP contribution in [0.1, 0.15) is 21.6 Å². The quantitative estimate of drug-likeness (QED) is 0.719. The molecule has 2 N–H and O–H groups in total. The number of hydrogen-bond donors (Lipinski definition) is 2. The number of carboxylic acids is 1. The highest BCUT2D eigenvalue weighted by Gasteiger charge is 2.31. The van der Waals surface area contributed by atoms with E-state index in [1.165, 1.54) is 0 Å². The number of aromatic carboxylic acids is 1. The van der Waals surface area contributed by atoms with E-state index in [0.717, 1.165) is 16.7 Å². The molecule has 0 fully saturated rings. The first-order valence-electron chi connectivity index (χ1n) is 7.56. The van der Waals surface area contributed by atoms with Crippen LogP contribution >= 0.6 is 0 Å². The summed E-state index contributed by atoms with van der Waals surface area (Å²) >= 11 is 0. The molecule has 0 saturated heterocycles. The lowest BCUT2D eigenvalue weighted by molar-refractivity contribution is -0.137. The van der Waals surface area contributed by atoms with Gasteiger partial charge in [0.2, 0.25) is 0 Å². The van der Waals surface area contributed by atoms with E-state index < -0.39 is 29.5 Å². The number of rotatable bonds is 4. The number of anilines is 1. The summed E-state index contributed by atoms with van der Waals surface area (Å²) in [6, 6.07) is 10.2. The standard InChI is InChI=1S/C17H12F3N3O4/c18-17(19,20)11-6-7-23-12(8-11)21-13(15(24)25)14(23)22-16(26)27-9-10-4-2-1-3-5-10/h1-8H,9H2,(H,22,26)(H,24,25). The molecule has 27 heavy (non-hydrogen) atoms. The lowest BCUT2D eigenvalue weighted by Crippen LogP contribution is -2.17. The molecular formula is C17H12F3N3O4. The number of nitrogens with zero attached hydrogens (tertiary/aromatic N) is 2. The Labute approximate surface area is 150 Å². The number of imidazole rings is 1. The third kappa shape index (κ3) is 4.00. The van der Waals surface area contributed by atoms with Crippen molar-refractivity contribution in [1.82, 2.24) is 9.38 Å². The molecule has 0 unspecified atom stereocenters. The van der Waals surface area contributed by atoms with Crippen molar-refractivity contribution in [3.63, 3.8) is 0 Å². The number of nitrogens with one attached hydrogen (secondary N) is 1. The number of alkyl halides is 3.